The van der Waals surface area contributed by atoms with Crippen LogP contribution in [0.5, 0.6) is 0 Å². The van der Waals surface area contributed by atoms with Gasteiger partial charge in [0.05, 0.1) is 12.4 Å². The van der Waals surface area contributed by atoms with Crippen molar-refractivity contribution in [2.24, 2.45) is 7.05 Å². The molecular weight excluding hydrogens is 254 g/mol. The highest BCUT2D eigenvalue weighted by Crippen LogP contribution is 2.22. The topological polar surface area (TPSA) is 105 Å². The SMILES string of the molecule is CC(C)N(CCC#N)S(=O)(=O)c1c(N)ncn1C. The van der Waals surface area contributed by atoms with Gasteiger partial charge in [0.1, 0.15) is 0 Å². The van der Waals surface area contributed by atoms with Crippen LogP contribution in [0, 0.1) is 11.3 Å². The summed E-state index contributed by atoms with van der Waals surface area (Å²) in [5.41, 5.74) is 5.59. The second-order valence-electron chi connectivity index (χ2n) is 4.16. The minimum atomic E-state index is -3.73. The number of sulfonamides is 1. The van der Waals surface area contributed by atoms with Crippen LogP contribution in [0.3, 0.4) is 0 Å². The Hall–Kier alpha value is -1.59. The van der Waals surface area contributed by atoms with E-state index in [9.17, 15) is 8.42 Å². The number of imidazole rings is 1. The molecule has 0 atom stereocenters. The minimum Gasteiger partial charge on any atom is -0.381 e. The van der Waals surface area contributed by atoms with Crippen molar-refractivity contribution < 1.29 is 8.42 Å². The standard InChI is InChI=1S/C10H17N5O2S/c1-8(2)15(6-4-5-11)18(16,17)10-9(12)13-7-14(10)3/h7-8H,4,6,12H2,1-3H3. The van der Waals surface area contributed by atoms with Gasteiger partial charge in [-0.3, -0.25) is 0 Å². The third kappa shape index (κ3) is 2.63. The maximum Gasteiger partial charge on any atom is 0.262 e. The van der Waals surface area contributed by atoms with Crippen LogP contribution in [-0.2, 0) is 17.1 Å². The molecule has 1 rings (SSSR count). The first-order valence-electron chi connectivity index (χ1n) is 5.48. The van der Waals surface area contributed by atoms with E-state index in [4.69, 9.17) is 11.0 Å². The van der Waals surface area contributed by atoms with Crippen LogP contribution >= 0.6 is 0 Å². The van der Waals surface area contributed by atoms with Crippen molar-refractivity contribution in [3.63, 3.8) is 0 Å². The van der Waals surface area contributed by atoms with Gasteiger partial charge in [-0.1, -0.05) is 0 Å². The molecule has 0 radical (unpaired) electrons. The fourth-order valence-electron chi connectivity index (χ4n) is 1.68. The summed E-state index contributed by atoms with van der Waals surface area (Å²) in [6, 6.07) is 1.69. The Morgan fingerprint density at radius 2 is 2.22 bits per heavy atom. The summed E-state index contributed by atoms with van der Waals surface area (Å²) >= 11 is 0. The van der Waals surface area contributed by atoms with E-state index in [0.717, 1.165) is 0 Å². The van der Waals surface area contributed by atoms with E-state index in [1.54, 1.807) is 20.9 Å². The van der Waals surface area contributed by atoms with Gasteiger partial charge in [0, 0.05) is 26.1 Å². The van der Waals surface area contributed by atoms with Gasteiger partial charge in [0.15, 0.2) is 10.8 Å². The Bertz CT molecular complexity index is 536. The maximum absolute atomic E-state index is 12.5. The zero-order chi connectivity index (χ0) is 13.9. The quantitative estimate of drug-likeness (QED) is 0.830. The van der Waals surface area contributed by atoms with Gasteiger partial charge in [-0.25, -0.2) is 13.4 Å². The molecule has 0 unspecified atom stereocenters. The number of rotatable bonds is 5. The van der Waals surface area contributed by atoms with E-state index < -0.39 is 10.0 Å². The summed E-state index contributed by atoms with van der Waals surface area (Å²) < 4.78 is 27.5. The van der Waals surface area contributed by atoms with Crippen molar-refractivity contribution in [2.45, 2.75) is 31.3 Å². The third-order valence-electron chi connectivity index (χ3n) is 2.48. The van der Waals surface area contributed by atoms with Gasteiger partial charge < -0.3 is 10.3 Å². The van der Waals surface area contributed by atoms with Crippen molar-refractivity contribution in [1.29, 1.82) is 5.26 Å². The van der Waals surface area contributed by atoms with Crippen LogP contribution in [0.1, 0.15) is 20.3 Å². The number of aryl methyl sites for hydroxylation is 1. The van der Waals surface area contributed by atoms with Crippen molar-refractivity contribution >= 4 is 15.8 Å². The van der Waals surface area contributed by atoms with E-state index in [1.165, 1.54) is 15.2 Å². The molecule has 100 valence electrons. The number of nitrogen functional groups attached to an aromatic ring is 1. The number of aromatic nitrogens is 2. The number of nitrogens with two attached hydrogens (primary N) is 1. The van der Waals surface area contributed by atoms with Gasteiger partial charge in [-0.15, -0.1) is 0 Å². The predicted molar refractivity (Wildman–Crippen MR) is 66.9 cm³/mol. The lowest BCUT2D eigenvalue weighted by Gasteiger charge is -2.25. The molecule has 8 heteroatoms. The number of nitrogens with zero attached hydrogens (tertiary/aromatic N) is 4. The zero-order valence-corrected chi connectivity index (χ0v) is 11.5. The summed E-state index contributed by atoms with van der Waals surface area (Å²) in [4.78, 5) is 3.77. The Kier molecular flexibility index (Phi) is 4.32. The van der Waals surface area contributed by atoms with Crippen molar-refractivity contribution in [1.82, 2.24) is 13.9 Å². The fourth-order valence-corrected chi connectivity index (χ4v) is 3.52. The van der Waals surface area contributed by atoms with Gasteiger partial charge in [-0.2, -0.15) is 9.57 Å². The molecule has 0 saturated heterocycles. The molecule has 0 bridgehead atoms. The Morgan fingerprint density at radius 3 is 2.61 bits per heavy atom. The molecule has 0 spiro atoms. The summed E-state index contributed by atoms with van der Waals surface area (Å²) in [6.07, 6.45) is 1.49. The van der Waals surface area contributed by atoms with Crippen LogP contribution in [-0.4, -0.2) is 34.9 Å². The molecule has 0 aliphatic rings. The van der Waals surface area contributed by atoms with E-state index in [2.05, 4.69) is 4.98 Å². The highest BCUT2D eigenvalue weighted by Gasteiger charge is 2.31. The molecule has 0 aliphatic heterocycles. The fraction of sp³-hybridized carbons (Fsp3) is 0.600. The van der Waals surface area contributed by atoms with E-state index in [0.29, 0.717) is 0 Å². The Labute approximate surface area is 107 Å². The van der Waals surface area contributed by atoms with E-state index in [1.807, 2.05) is 6.07 Å². The van der Waals surface area contributed by atoms with Gasteiger partial charge >= 0.3 is 0 Å². The molecule has 7 nitrogen and oxygen atoms in total. The van der Waals surface area contributed by atoms with Crippen LogP contribution in [0.25, 0.3) is 0 Å². The van der Waals surface area contributed by atoms with E-state index >= 15 is 0 Å². The first-order valence-corrected chi connectivity index (χ1v) is 6.92. The smallest absolute Gasteiger partial charge is 0.262 e. The second kappa shape index (κ2) is 5.37. The molecule has 1 aromatic heterocycles. The van der Waals surface area contributed by atoms with Gasteiger partial charge in [0.2, 0.25) is 0 Å². The number of hydrogen-bond acceptors (Lipinski definition) is 5. The predicted octanol–water partition coefficient (Wildman–Crippen LogP) is 0.315. The number of hydrogen-bond donors (Lipinski definition) is 1. The van der Waals surface area contributed by atoms with Crippen molar-refractivity contribution in [3.8, 4) is 6.07 Å². The normalized spacial score (nSPS) is 12.0. The van der Waals surface area contributed by atoms with Gasteiger partial charge in [0.25, 0.3) is 10.0 Å². The summed E-state index contributed by atoms with van der Waals surface area (Å²) in [7, 11) is -2.16. The number of nitriles is 1. The molecule has 18 heavy (non-hydrogen) atoms. The van der Waals surface area contributed by atoms with Crippen LogP contribution < -0.4 is 5.73 Å². The third-order valence-corrected chi connectivity index (χ3v) is 4.69. The summed E-state index contributed by atoms with van der Waals surface area (Å²) in [5.74, 6) is -0.0277. The van der Waals surface area contributed by atoms with Crippen LogP contribution in [0.4, 0.5) is 5.82 Å². The highest BCUT2D eigenvalue weighted by atomic mass is 32.2. The molecule has 0 saturated carbocycles. The lowest BCUT2D eigenvalue weighted by molar-refractivity contribution is 0.358. The molecule has 0 amide bonds. The molecule has 1 heterocycles. The average Bonchev–Trinajstić information content (AvgIpc) is 2.58. The maximum atomic E-state index is 12.5. The largest absolute Gasteiger partial charge is 0.381 e. The lowest BCUT2D eigenvalue weighted by Crippen LogP contribution is -2.38. The van der Waals surface area contributed by atoms with Gasteiger partial charge in [-0.05, 0) is 13.8 Å². The summed E-state index contributed by atoms with van der Waals surface area (Å²) in [6.45, 7) is 3.64. The first kappa shape index (κ1) is 14.5. The second-order valence-corrected chi connectivity index (χ2v) is 5.97. The van der Waals surface area contributed by atoms with Crippen molar-refractivity contribution in [2.75, 3.05) is 12.3 Å². The molecular formula is C10H17N5O2S. The Morgan fingerprint density at radius 1 is 1.61 bits per heavy atom. The average molecular weight is 271 g/mol. The minimum absolute atomic E-state index is 0.0277. The van der Waals surface area contributed by atoms with Crippen LogP contribution in [0.15, 0.2) is 11.4 Å². The molecule has 2 N–H and O–H groups in total. The zero-order valence-electron chi connectivity index (χ0n) is 10.7. The first-order chi connectivity index (χ1) is 8.32. The van der Waals surface area contributed by atoms with E-state index in [-0.39, 0.29) is 29.9 Å². The number of anilines is 1. The molecule has 0 fully saturated rings. The van der Waals surface area contributed by atoms with Crippen LogP contribution in [0.2, 0.25) is 0 Å². The Balaban J connectivity index is 3.23. The van der Waals surface area contributed by atoms with Crippen molar-refractivity contribution in [3.05, 3.63) is 6.33 Å². The molecule has 0 aliphatic carbocycles. The molecule has 0 aromatic carbocycles. The summed E-state index contributed by atoms with van der Waals surface area (Å²) in [5, 5.41) is 8.56. The lowest BCUT2D eigenvalue weighted by atomic mass is 10.3. The molecule has 1 aromatic rings. The highest BCUT2D eigenvalue weighted by molar-refractivity contribution is 7.89. The monoisotopic (exact) mass is 271 g/mol.